The molecule has 2 nitrogen and oxygen atoms in total. The molecular formula is C17H15NO. The van der Waals surface area contributed by atoms with Crippen LogP contribution in [0, 0.1) is 6.92 Å². The summed E-state index contributed by atoms with van der Waals surface area (Å²) in [6, 6.07) is 15.9. The molecule has 1 heterocycles. The fourth-order valence-electron chi connectivity index (χ4n) is 2.40. The normalized spacial score (nSPS) is 12.5. The van der Waals surface area contributed by atoms with E-state index in [9.17, 15) is 5.11 Å². The fraction of sp³-hybridized carbons (Fsp3) is 0.118. The van der Waals surface area contributed by atoms with Crippen LogP contribution in [0.2, 0.25) is 0 Å². The highest BCUT2D eigenvalue weighted by Gasteiger charge is 2.13. The molecule has 1 unspecified atom stereocenters. The SMILES string of the molecule is Cc1cccc(C(O)c2cccc3ccncc23)c1. The largest absolute Gasteiger partial charge is 0.384 e. The van der Waals surface area contributed by atoms with Crippen molar-refractivity contribution in [3.63, 3.8) is 0 Å². The second-order valence-electron chi connectivity index (χ2n) is 4.76. The summed E-state index contributed by atoms with van der Waals surface area (Å²) in [5.41, 5.74) is 2.96. The van der Waals surface area contributed by atoms with Crippen LogP contribution < -0.4 is 0 Å². The average Bonchev–Trinajstić information content (AvgIpc) is 2.46. The summed E-state index contributed by atoms with van der Waals surface area (Å²) in [5.74, 6) is 0. The highest BCUT2D eigenvalue weighted by molar-refractivity contribution is 5.85. The monoisotopic (exact) mass is 249 g/mol. The molecule has 0 bridgehead atoms. The molecule has 3 aromatic rings. The van der Waals surface area contributed by atoms with E-state index in [4.69, 9.17) is 0 Å². The average molecular weight is 249 g/mol. The Kier molecular flexibility index (Phi) is 3.02. The van der Waals surface area contributed by atoms with Gasteiger partial charge in [-0.1, -0.05) is 48.0 Å². The van der Waals surface area contributed by atoms with Crippen molar-refractivity contribution < 1.29 is 5.11 Å². The van der Waals surface area contributed by atoms with E-state index in [1.54, 1.807) is 6.20 Å². The van der Waals surface area contributed by atoms with Gasteiger partial charge >= 0.3 is 0 Å². The van der Waals surface area contributed by atoms with Crippen molar-refractivity contribution in [3.8, 4) is 0 Å². The van der Waals surface area contributed by atoms with E-state index in [2.05, 4.69) is 4.98 Å². The van der Waals surface area contributed by atoms with Crippen molar-refractivity contribution in [1.29, 1.82) is 0 Å². The molecule has 0 saturated carbocycles. The first kappa shape index (κ1) is 11.9. The predicted molar refractivity (Wildman–Crippen MR) is 77.0 cm³/mol. The van der Waals surface area contributed by atoms with Gasteiger partial charge in [0.2, 0.25) is 0 Å². The van der Waals surface area contributed by atoms with Gasteiger partial charge < -0.3 is 5.11 Å². The molecule has 0 aliphatic rings. The zero-order valence-electron chi connectivity index (χ0n) is 10.7. The molecule has 0 amide bonds. The summed E-state index contributed by atoms with van der Waals surface area (Å²) in [4.78, 5) is 4.16. The Hall–Kier alpha value is -2.19. The Bertz CT molecular complexity index is 716. The number of pyridine rings is 1. The Morgan fingerprint density at radius 3 is 2.74 bits per heavy atom. The Labute approximate surface area is 112 Å². The van der Waals surface area contributed by atoms with E-state index >= 15 is 0 Å². The van der Waals surface area contributed by atoms with Crippen LogP contribution in [0.25, 0.3) is 10.8 Å². The number of nitrogens with zero attached hydrogens (tertiary/aromatic N) is 1. The number of aliphatic hydroxyl groups excluding tert-OH is 1. The van der Waals surface area contributed by atoms with Gasteiger partial charge in [0.25, 0.3) is 0 Å². The molecule has 1 atom stereocenters. The number of fused-ring (bicyclic) bond motifs is 1. The van der Waals surface area contributed by atoms with E-state index in [-0.39, 0.29) is 0 Å². The third-order valence-corrected chi connectivity index (χ3v) is 3.37. The van der Waals surface area contributed by atoms with Gasteiger partial charge in [-0.3, -0.25) is 4.98 Å². The zero-order valence-corrected chi connectivity index (χ0v) is 10.7. The van der Waals surface area contributed by atoms with Gasteiger partial charge in [0.05, 0.1) is 0 Å². The molecule has 0 aliphatic heterocycles. The highest BCUT2D eigenvalue weighted by atomic mass is 16.3. The van der Waals surface area contributed by atoms with Crippen molar-refractivity contribution in [1.82, 2.24) is 4.98 Å². The third kappa shape index (κ3) is 2.23. The van der Waals surface area contributed by atoms with Crippen LogP contribution in [0.4, 0.5) is 0 Å². The lowest BCUT2D eigenvalue weighted by Crippen LogP contribution is -2.01. The van der Waals surface area contributed by atoms with Crippen LogP contribution >= 0.6 is 0 Å². The predicted octanol–water partition coefficient (Wildman–Crippen LogP) is 3.62. The van der Waals surface area contributed by atoms with Gasteiger partial charge in [0.1, 0.15) is 6.10 Å². The number of hydrogen-bond acceptors (Lipinski definition) is 2. The molecule has 19 heavy (non-hydrogen) atoms. The molecule has 1 aromatic heterocycles. The quantitative estimate of drug-likeness (QED) is 0.752. The Morgan fingerprint density at radius 1 is 1.05 bits per heavy atom. The van der Waals surface area contributed by atoms with E-state index < -0.39 is 6.10 Å². The summed E-state index contributed by atoms with van der Waals surface area (Å²) in [6.45, 7) is 2.03. The molecule has 0 spiro atoms. The number of aromatic nitrogens is 1. The molecule has 0 radical (unpaired) electrons. The van der Waals surface area contributed by atoms with Crippen molar-refractivity contribution in [3.05, 3.63) is 77.6 Å². The lowest BCUT2D eigenvalue weighted by molar-refractivity contribution is 0.222. The molecule has 2 heteroatoms. The second kappa shape index (κ2) is 4.82. The molecular weight excluding hydrogens is 234 g/mol. The van der Waals surface area contributed by atoms with Crippen LogP contribution in [0.3, 0.4) is 0 Å². The van der Waals surface area contributed by atoms with Gasteiger partial charge in [-0.2, -0.15) is 0 Å². The first-order valence-electron chi connectivity index (χ1n) is 6.33. The minimum atomic E-state index is -0.618. The van der Waals surface area contributed by atoms with E-state index in [1.807, 2.05) is 61.7 Å². The van der Waals surface area contributed by atoms with Crippen LogP contribution in [0.1, 0.15) is 22.8 Å². The molecule has 3 rings (SSSR count). The summed E-state index contributed by atoms with van der Waals surface area (Å²) in [7, 11) is 0. The van der Waals surface area contributed by atoms with Crippen LogP contribution in [0.15, 0.2) is 60.9 Å². The maximum Gasteiger partial charge on any atom is 0.105 e. The Morgan fingerprint density at radius 2 is 1.89 bits per heavy atom. The number of aliphatic hydroxyl groups is 1. The zero-order chi connectivity index (χ0) is 13.2. The first-order chi connectivity index (χ1) is 9.25. The standard InChI is InChI=1S/C17H15NO/c1-12-4-2-6-14(10-12)17(19)15-7-3-5-13-8-9-18-11-16(13)15/h2-11,17,19H,1H3. The van der Waals surface area contributed by atoms with Gasteiger partial charge in [0, 0.05) is 17.8 Å². The summed E-state index contributed by atoms with van der Waals surface area (Å²) in [6.07, 6.45) is 2.96. The minimum Gasteiger partial charge on any atom is -0.384 e. The lowest BCUT2D eigenvalue weighted by atomic mass is 9.96. The molecule has 0 saturated heterocycles. The fourth-order valence-corrected chi connectivity index (χ4v) is 2.40. The minimum absolute atomic E-state index is 0.618. The van der Waals surface area contributed by atoms with E-state index in [0.29, 0.717) is 0 Å². The highest BCUT2D eigenvalue weighted by Crippen LogP contribution is 2.28. The summed E-state index contributed by atoms with van der Waals surface area (Å²) in [5, 5.41) is 12.7. The van der Waals surface area contributed by atoms with Gasteiger partial charge in [-0.05, 0) is 29.5 Å². The lowest BCUT2D eigenvalue weighted by Gasteiger charge is -2.14. The number of rotatable bonds is 2. The number of benzene rings is 2. The summed E-state index contributed by atoms with van der Waals surface area (Å²) < 4.78 is 0. The second-order valence-corrected chi connectivity index (χ2v) is 4.76. The molecule has 2 aromatic carbocycles. The van der Waals surface area contributed by atoms with Crippen molar-refractivity contribution >= 4 is 10.8 Å². The maximum absolute atomic E-state index is 10.6. The molecule has 1 N–H and O–H groups in total. The van der Waals surface area contributed by atoms with Crippen molar-refractivity contribution in [2.75, 3.05) is 0 Å². The van der Waals surface area contributed by atoms with Crippen LogP contribution in [0.5, 0.6) is 0 Å². The van der Waals surface area contributed by atoms with E-state index in [1.165, 1.54) is 0 Å². The molecule has 94 valence electrons. The number of aryl methyl sites for hydroxylation is 1. The van der Waals surface area contributed by atoms with E-state index in [0.717, 1.165) is 27.5 Å². The van der Waals surface area contributed by atoms with Gasteiger partial charge in [0.15, 0.2) is 0 Å². The third-order valence-electron chi connectivity index (χ3n) is 3.37. The van der Waals surface area contributed by atoms with Crippen LogP contribution in [-0.4, -0.2) is 10.1 Å². The van der Waals surface area contributed by atoms with Crippen molar-refractivity contribution in [2.45, 2.75) is 13.0 Å². The molecule has 0 fully saturated rings. The molecule has 0 aliphatic carbocycles. The van der Waals surface area contributed by atoms with Gasteiger partial charge in [-0.15, -0.1) is 0 Å². The van der Waals surface area contributed by atoms with Crippen molar-refractivity contribution in [2.24, 2.45) is 0 Å². The van der Waals surface area contributed by atoms with Gasteiger partial charge in [-0.25, -0.2) is 0 Å². The summed E-state index contributed by atoms with van der Waals surface area (Å²) >= 11 is 0. The Balaban J connectivity index is 2.14. The number of hydrogen-bond donors (Lipinski definition) is 1. The topological polar surface area (TPSA) is 33.1 Å². The smallest absolute Gasteiger partial charge is 0.105 e. The maximum atomic E-state index is 10.6. The first-order valence-corrected chi connectivity index (χ1v) is 6.33. The van der Waals surface area contributed by atoms with Crippen LogP contribution in [-0.2, 0) is 0 Å².